The zero-order valence-electron chi connectivity index (χ0n) is 18.5. The maximum Gasteiger partial charge on any atom is 0.305 e. The summed E-state index contributed by atoms with van der Waals surface area (Å²) >= 11 is 6.33. The van der Waals surface area contributed by atoms with E-state index >= 15 is 0 Å². The van der Waals surface area contributed by atoms with Crippen molar-refractivity contribution in [2.75, 3.05) is 24.9 Å². The van der Waals surface area contributed by atoms with Gasteiger partial charge in [0.05, 0.1) is 34.2 Å². The van der Waals surface area contributed by atoms with Gasteiger partial charge in [0.15, 0.2) is 11.5 Å². The highest BCUT2D eigenvalue weighted by molar-refractivity contribution is 6.37. The molecule has 2 heterocycles. The Balaban J connectivity index is 1.57. The fraction of sp³-hybridized carbons (Fsp3) is 0.375. The molecule has 4 N–H and O–H groups in total. The third-order valence-corrected chi connectivity index (χ3v) is 5.93. The van der Waals surface area contributed by atoms with Gasteiger partial charge in [-0.2, -0.15) is 0 Å². The lowest BCUT2D eigenvalue weighted by molar-refractivity contribution is -0.143. The van der Waals surface area contributed by atoms with Gasteiger partial charge in [0.25, 0.3) is 0 Å². The molecule has 0 amide bonds. The van der Waals surface area contributed by atoms with Crippen molar-refractivity contribution in [3.05, 3.63) is 46.4 Å². The lowest BCUT2D eigenvalue weighted by atomic mass is 10.0. The number of nitrogen functional groups attached to an aromatic ring is 2. The monoisotopic (exact) mass is 470 g/mol. The average Bonchev–Trinajstić information content (AvgIpc) is 3.25. The van der Waals surface area contributed by atoms with Gasteiger partial charge >= 0.3 is 5.97 Å². The third-order valence-electron chi connectivity index (χ3n) is 5.50. The highest BCUT2D eigenvalue weighted by Crippen LogP contribution is 2.37. The van der Waals surface area contributed by atoms with Crippen molar-refractivity contribution in [1.29, 1.82) is 0 Å². The molecule has 0 radical (unpaired) electrons. The van der Waals surface area contributed by atoms with E-state index in [2.05, 4.69) is 0 Å². The molecule has 2 aromatic carbocycles. The first kappa shape index (κ1) is 22.9. The number of fused-ring (bicyclic) bond motifs is 2. The Morgan fingerprint density at radius 2 is 1.94 bits per heavy atom. The van der Waals surface area contributed by atoms with Gasteiger partial charge in [0.2, 0.25) is 6.79 Å². The number of aromatic nitrogens is 2. The Kier molecular flexibility index (Phi) is 7.03. The highest BCUT2D eigenvalue weighted by atomic mass is 35.5. The molecule has 1 aromatic heterocycles. The van der Waals surface area contributed by atoms with Gasteiger partial charge in [-0.05, 0) is 43.5 Å². The summed E-state index contributed by atoms with van der Waals surface area (Å²) < 4.78 is 15.9. The fourth-order valence-corrected chi connectivity index (χ4v) is 4.05. The van der Waals surface area contributed by atoms with Crippen LogP contribution in [-0.4, -0.2) is 29.3 Å². The summed E-state index contributed by atoms with van der Waals surface area (Å²) in [6.45, 7) is 2.44. The molecule has 0 saturated heterocycles. The van der Waals surface area contributed by atoms with Gasteiger partial charge in [-0.3, -0.25) is 4.79 Å². The third kappa shape index (κ3) is 5.22. The molecular weight excluding hydrogens is 444 g/mol. The molecule has 0 aliphatic carbocycles. The molecule has 8 nitrogen and oxygen atoms in total. The van der Waals surface area contributed by atoms with E-state index in [0.29, 0.717) is 64.7 Å². The van der Waals surface area contributed by atoms with Crippen LogP contribution in [0.5, 0.6) is 11.5 Å². The molecule has 33 heavy (non-hydrogen) atoms. The number of nitrogens with zero attached hydrogens (tertiary/aromatic N) is 2. The largest absolute Gasteiger partial charge is 0.466 e. The Labute approximate surface area is 197 Å². The minimum absolute atomic E-state index is 0.159. The molecule has 9 heteroatoms. The molecule has 0 fully saturated rings. The maximum absolute atomic E-state index is 11.5. The molecule has 1 aliphatic heterocycles. The van der Waals surface area contributed by atoms with Gasteiger partial charge in [-0.15, -0.1) is 0 Å². The molecule has 1 aliphatic rings. The molecule has 0 atom stereocenters. The maximum atomic E-state index is 11.5. The normalized spacial score (nSPS) is 12.3. The van der Waals surface area contributed by atoms with Gasteiger partial charge in [0.1, 0.15) is 5.82 Å². The SMILES string of the molecule is CCOC(=O)CCCCCc1nc(Cc2ccc3c(c2)OCO3)c2c(N)c(Cl)c(N)cc2n1. The number of aryl methyl sites for hydroxylation is 1. The standard InChI is InChI=1S/C24H27ClN4O4/c1-2-31-21(30)7-5-3-4-6-20-28-16(10-14-8-9-18-19(11-14)33-13-32-18)22-17(29-20)12-15(26)23(25)24(22)27/h8-9,11-12H,2-7,10,13,26-27H2,1H3. The molecular formula is C24H27ClN4O4. The predicted molar refractivity (Wildman–Crippen MR) is 128 cm³/mol. The minimum atomic E-state index is -0.159. The zero-order chi connectivity index (χ0) is 23.4. The van der Waals surface area contributed by atoms with E-state index in [1.165, 1.54) is 0 Å². The number of halogens is 1. The minimum Gasteiger partial charge on any atom is -0.466 e. The smallest absolute Gasteiger partial charge is 0.305 e. The Hall–Kier alpha value is -3.26. The van der Waals surface area contributed by atoms with Crippen molar-refractivity contribution < 1.29 is 19.0 Å². The summed E-state index contributed by atoms with van der Waals surface area (Å²) in [5, 5.41) is 1.02. The van der Waals surface area contributed by atoms with Crippen molar-refractivity contribution in [2.24, 2.45) is 0 Å². The predicted octanol–water partition coefficient (Wildman–Crippen LogP) is 4.43. The molecule has 0 bridgehead atoms. The number of ether oxygens (including phenoxy) is 3. The van der Waals surface area contributed by atoms with Crippen molar-refractivity contribution in [2.45, 2.75) is 45.4 Å². The topological polar surface area (TPSA) is 123 Å². The molecule has 4 rings (SSSR count). The number of anilines is 2. The number of nitrogens with two attached hydrogens (primary N) is 2. The number of carbonyl (C=O) groups excluding carboxylic acids is 1. The van der Waals surface area contributed by atoms with E-state index in [4.69, 9.17) is 47.2 Å². The number of hydrogen-bond acceptors (Lipinski definition) is 8. The molecule has 174 valence electrons. The molecule has 0 unspecified atom stereocenters. The Bertz CT molecular complexity index is 1190. The number of benzene rings is 2. The first-order valence-corrected chi connectivity index (χ1v) is 11.4. The summed E-state index contributed by atoms with van der Waals surface area (Å²) in [5.74, 6) is 1.98. The van der Waals surface area contributed by atoms with Crippen molar-refractivity contribution in [1.82, 2.24) is 9.97 Å². The van der Waals surface area contributed by atoms with Crippen LogP contribution in [0.15, 0.2) is 24.3 Å². The second-order valence-corrected chi connectivity index (χ2v) is 8.28. The molecule has 3 aromatic rings. The van der Waals surface area contributed by atoms with Crippen molar-refractivity contribution in [3.8, 4) is 11.5 Å². The number of rotatable bonds is 9. The number of esters is 1. The summed E-state index contributed by atoms with van der Waals surface area (Å²) in [4.78, 5) is 21.0. The lowest BCUT2D eigenvalue weighted by Crippen LogP contribution is -2.06. The van der Waals surface area contributed by atoms with E-state index in [9.17, 15) is 4.79 Å². The van der Waals surface area contributed by atoms with Gasteiger partial charge in [-0.1, -0.05) is 24.1 Å². The lowest BCUT2D eigenvalue weighted by Gasteiger charge is -2.13. The van der Waals surface area contributed by atoms with Gasteiger partial charge in [0, 0.05) is 24.6 Å². The van der Waals surface area contributed by atoms with Crippen LogP contribution in [0.1, 0.15) is 49.7 Å². The van der Waals surface area contributed by atoms with E-state index in [-0.39, 0.29) is 12.8 Å². The van der Waals surface area contributed by atoms with E-state index in [1.54, 1.807) is 6.07 Å². The van der Waals surface area contributed by atoms with Crippen LogP contribution in [0.3, 0.4) is 0 Å². The van der Waals surface area contributed by atoms with E-state index < -0.39 is 0 Å². The number of unbranched alkanes of at least 4 members (excludes halogenated alkanes) is 2. The second-order valence-electron chi connectivity index (χ2n) is 7.90. The molecule has 0 saturated carbocycles. The second kappa shape index (κ2) is 10.1. The van der Waals surface area contributed by atoms with Crippen LogP contribution < -0.4 is 20.9 Å². The summed E-state index contributed by atoms with van der Waals surface area (Å²) in [5.41, 5.74) is 15.6. The Morgan fingerprint density at radius 1 is 1.12 bits per heavy atom. The highest BCUT2D eigenvalue weighted by Gasteiger charge is 2.18. The fourth-order valence-electron chi connectivity index (χ4n) is 3.90. The first-order valence-electron chi connectivity index (χ1n) is 11.0. The number of hydrogen-bond donors (Lipinski definition) is 2. The van der Waals surface area contributed by atoms with Crippen molar-refractivity contribution >= 4 is 39.8 Å². The summed E-state index contributed by atoms with van der Waals surface area (Å²) in [6, 6.07) is 7.55. The van der Waals surface area contributed by atoms with Gasteiger partial charge < -0.3 is 25.7 Å². The van der Waals surface area contributed by atoms with Crippen LogP contribution in [0.25, 0.3) is 10.9 Å². The van der Waals surface area contributed by atoms with Crippen LogP contribution >= 0.6 is 11.6 Å². The quantitative estimate of drug-likeness (QED) is 0.267. The number of carbonyl (C=O) groups is 1. The van der Waals surface area contributed by atoms with Gasteiger partial charge in [-0.25, -0.2) is 9.97 Å². The van der Waals surface area contributed by atoms with Crippen molar-refractivity contribution in [3.63, 3.8) is 0 Å². The van der Waals surface area contributed by atoms with E-state index in [1.807, 2.05) is 25.1 Å². The zero-order valence-corrected chi connectivity index (χ0v) is 19.3. The van der Waals surface area contributed by atoms with Crippen LogP contribution in [0, 0.1) is 0 Å². The molecule has 0 spiro atoms. The first-order chi connectivity index (χ1) is 16.0. The average molecular weight is 471 g/mol. The van der Waals surface area contributed by atoms with Crippen LogP contribution in [0.2, 0.25) is 5.02 Å². The Morgan fingerprint density at radius 3 is 2.76 bits per heavy atom. The van der Waals surface area contributed by atoms with Crippen LogP contribution in [0.4, 0.5) is 11.4 Å². The summed E-state index contributed by atoms with van der Waals surface area (Å²) in [7, 11) is 0. The van der Waals surface area contributed by atoms with Crippen LogP contribution in [-0.2, 0) is 22.4 Å². The summed E-state index contributed by atoms with van der Waals surface area (Å²) in [6.07, 6.45) is 4.13. The van der Waals surface area contributed by atoms with E-state index in [0.717, 1.165) is 36.3 Å².